The largest absolute Gasteiger partial charge is 0.486 e. The van der Waals surface area contributed by atoms with Gasteiger partial charge < -0.3 is 14.6 Å². The predicted molar refractivity (Wildman–Crippen MR) is 81.4 cm³/mol. The maximum absolute atomic E-state index is 12.8. The first-order valence-corrected chi connectivity index (χ1v) is 8.96. The number of benzene rings is 1. The molecule has 1 aliphatic rings. The van der Waals surface area contributed by atoms with Crippen LogP contribution in [0.5, 0.6) is 5.75 Å². The lowest BCUT2D eigenvalue weighted by Crippen LogP contribution is -2.42. The highest BCUT2D eigenvalue weighted by Gasteiger charge is 2.33. The molecule has 1 N–H and O–H groups in total. The van der Waals surface area contributed by atoms with Crippen molar-refractivity contribution in [3.63, 3.8) is 0 Å². The van der Waals surface area contributed by atoms with Crippen molar-refractivity contribution >= 4 is 15.7 Å². The number of carbonyl (C=O) groups is 1. The third-order valence-electron chi connectivity index (χ3n) is 3.69. The monoisotopic (exact) mass is 372 g/mol. The molecule has 2 heterocycles. The lowest BCUT2D eigenvalue weighted by molar-refractivity contribution is 0.0890. The van der Waals surface area contributed by atoms with E-state index in [0.29, 0.717) is 0 Å². The molecule has 1 aromatic carbocycles. The highest BCUT2D eigenvalue weighted by Crippen LogP contribution is 2.30. The summed E-state index contributed by atoms with van der Waals surface area (Å²) in [5.74, 6) is -1.77. The van der Waals surface area contributed by atoms with E-state index < -0.39 is 34.0 Å². The Labute approximate surface area is 141 Å². The van der Waals surface area contributed by atoms with Gasteiger partial charge in [0.25, 0.3) is 12.3 Å². The second kappa shape index (κ2) is 6.43. The van der Waals surface area contributed by atoms with Crippen molar-refractivity contribution < 1.29 is 31.3 Å². The Hall–Kier alpha value is -2.49. The Balaban J connectivity index is 1.73. The highest BCUT2D eigenvalue weighted by atomic mass is 32.2. The number of hydrogen-bond donors (Lipinski definition) is 1. The summed E-state index contributed by atoms with van der Waals surface area (Å²) in [6.45, 7) is 1.20. The molecule has 0 bridgehead atoms. The van der Waals surface area contributed by atoms with E-state index in [1.54, 1.807) is 12.1 Å². The molecule has 1 aliphatic heterocycles. The van der Waals surface area contributed by atoms with Gasteiger partial charge in [0.15, 0.2) is 9.84 Å². The van der Waals surface area contributed by atoms with Crippen LogP contribution in [0.2, 0.25) is 0 Å². The first-order chi connectivity index (χ1) is 11.8. The zero-order chi connectivity index (χ0) is 18.2. The summed E-state index contributed by atoms with van der Waals surface area (Å²) in [5.41, 5.74) is -0.329. The number of hydrogen-bond acceptors (Lipinski definition) is 6. The Morgan fingerprint density at radius 1 is 1.40 bits per heavy atom. The smallest absolute Gasteiger partial charge is 0.298 e. The van der Waals surface area contributed by atoms with Crippen LogP contribution >= 0.6 is 0 Å². The quantitative estimate of drug-likeness (QED) is 0.880. The molecule has 10 heteroatoms. The van der Waals surface area contributed by atoms with E-state index in [1.807, 2.05) is 0 Å². The Kier molecular flexibility index (Phi) is 4.46. The molecule has 134 valence electrons. The number of nitrogens with zero attached hydrogens (tertiary/aromatic N) is 1. The van der Waals surface area contributed by atoms with Gasteiger partial charge in [0, 0.05) is 0 Å². The number of aryl methyl sites for hydroxylation is 1. The number of rotatable bonds is 4. The Morgan fingerprint density at radius 2 is 2.12 bits per heavy atom. The van der Waals surface area contributed by atoms with E-state index in [9.17, 15) is 22.0 Å². The van der Waals surface area contributed by atoms with Crippen LogP contribution in [0.15, 0.2) is 33.7 Å². The Bertz CT molecular complexity index is 910. The number of amides is 1. The molecule has 25 heavy (non-hydrogen) atoms. The third-order valence-corrected chi connectivity index (χ3v) is 5.51. The molecule has 0 saturated heterocycles. The van der Waals surface area contributed by atoms with Gasteiger partial charge in [-0.25, -0.2) is 17.2 Å². The second-order valence-corrected chi connectivity index (χ2v) is 7.49. The summed E-state index contributed by atoms with van der Waals surface area (Å²) in [7, 11) is -3.55. The van der Waals surface area contributed by atoms with Gasteiger partial charge in [-0.15, -0.1) is 0 Å². The molecule has 0 saturated carbocycles. The van der Waals surface area contributed by atoms with Crippen LogP contribution in [0.25, 0.3) is 0 Å². The molecule has 0 spiro atoms. The normalized spacial score (nSPS) is 18.5. The van der Waals surface area contributed by atoms with Crippen molar-refractivity contribution in [2.24, 2.45) is 0 Å². The number of halogens is 2. The van der Waals surface area contributed by atoms with Gasteiger partial charge in [0.2, 0.25) is 5.76 Å². The first kappa shape index (κ1) is 17.3. The highest BCUT2D eigenvalue weighted by molar-refractivity contribution is 7.91. The zero-order valence-electron chi connectivity index (χ0n) is 13.0. The minimum absolute atomic E-state index is 0.0235. The molecule has 1 atom stereocenters. The fraction of sp³-hybridized carbons (Fsp3) is 0.333. The van der Waals surface area contributed by atoms with Crippen molar-refractivity contribution in [1.82, 2.24) is 10.5 Å². The van der Waals surface area contributed by atoms with Crippen LogP contribution in [0, 0.1) is 6.92 Å². The average molecular weight is 372 g/mol. The lowest BCUT2D eigenvalue weighted by atomic mass is 10.2. The van der Waals surface area contributed by atoms with E-state index in [2.05, 4.69) is 15.0 Å². The first-order valence-electron chi connectivity index (χ1n) is 7.30. The number of ether oxygens (including phenoxy) is 1. The summed E-state index contributed by atoms with van der Waals surface area (Å²) in [6.07, 6.45) is -3.82. The molecular formula is C15H14F2N2O5S. The number of nitrogens with one attached hydrogen (secondary N) is 1. The topological polar surface area (TPSA) is 98.5 Å². The summed E-state index contributed by atoms with van der Waals surface area (Å²) in [6, 6.07) is 6.17. The van der Waals surface area contributed by atoms with Gasteiger partial charge in [-0.1, -0.05) is 17.3 Å². The van der Waals surface area contributed by atoms with E-state index in [4.69, 9.17) is 4.74 Å². The summed E-state index contributed by atoms with van der Waals surface area (Å²) < 4.78 is 60.2. The number of carbonyl (C=O) groups excluding carboxylic acids is 1. The fourth-order valence-corrected chi connectivity index (χ4v) is 4.12. The predicted octanol–water partition coefficient (Wildman–Crippen LogP) is 1.89. The minimum Gasteiger partial charge on any atom is -0.486 e. The van der Waals surface area contributed by atoms with Crippen molar-refractivity contribution in [3.05, 3.63) is 41.3 Å². The summed E-state index contributed by atoms with van der Waals surface area (Å²) >= 11 is 0. The standard InChI is InChI=1S/C15H14F2N2O5S/c1-8-12(13(14(16)17)24-19-8)15(20)18-6-9-7-25(21,22)11-5-3-2-4-10(11)23-9/h2-5,9,14H,6-7H2,1H3,(H,18,20)/t9-/m0/s1. The Morgan fingerprint density at radius 3 is 2.84 bits per heavy atom. The third kappa shape index (κ3) is 3.34. The van der Waals surface area contributed by atoms with Crippen LogP contribution < -0.4 is 10.1 Å². The minimum atomic E-state index is -3.55. The van der Waals surface area contributed by atoms with Gasteiger partial charge in [-0.2, -0.15) is 0 Å². The van der Waals surface area contributed by atoms with Gasteiger partial charge in [0.05, 0.1) is 18.0 Å². The molecular weight excluding hydrogens is 358 g/mol. The average Bonchev–Trinajstić information content (AvgIpc) is 2.94. The van der Waals surface area contributed by atoms with E-state index >= 15 is 0 Å². The summed E-state index contributed by atoms with van der Waals surface area (Å²) in [5, 5.41) is 5.76. The molecule has 1 amide bonds. The number of aromatic nitrogens is 1. The van der Waals surface area contributed by atoms with Gasteiger partial charge in [-0.05, 0) is 19.1 Å². The van der Waals surface area contributed by atoms with Crippen molar-refractivity contribution in [1.29, 1.82) is 0 Å². The van der Waals surface area contributed by atoms with Crippen molar-refractivity contribution in [2.75, 3.05) is 12.3 Å². The molecule has 0 aliphatic carbocycles. The van der Waals surface area contributed by atoms with Crippen LogP contribution in [-0.4, -0.2) is 37.9 Å². The SMILES string of the molecule is Cc1noc(C(F)F)c1C(=O)NC[C@H]1CS(=O)(=O)c2ccccc2O1. The van der Waals surface area contributed by atoms with E-state index in [-0.39, 0.29) is 34.2 Å². The number of alkyl halides is 2. The van der Waals surface area contributed by atoms with Crippen LogP contribution in [-0.2, 0) is 9.84 Å². The van der Waals surface area contributed by atoms with E-state index in [0.717, 1.165) is 0 Å². The fourth-order valence-electron chi connectivity index (χ4n) is 2.56. The van der Waals surface area contributed by atoms with Gasteiger partial charge >= 0.3 is 0 Å². The maximum atomic E-state index is 12.8. The molecule has 2 aromatic rings. The second-order valence-electron chi connectivity index (χ2n) is 5.49. The molecule has 1 aromatic heterocycles. The van der Waals surface area contributed by atoms with Crippen molar-refractivity contribution in [2.45, 2.75) is 24.3 Å². The zero-order valence-corrected chi connectivity index (χ0v) is 13.8. The van der Waals surface area contributed by atoms with Crippen LogP contribution in [0.3, 0.4) is 0 Å². The molecule has 0 fully saturated rings. The molecule has 0 unspecified atom stereocenters. The van der Waals surface area contributed by atoms with Crippen LogP contribution in [0.1, 0.15) is 28.2 Å². The van der Waals surface area contributed by atoms with Gasteiger partial charge in [0.1, 0.15) is 22.3 Å². The number of para-hydroxylation sites is 1. The number of sulfone groups is 1. The van der Waals surface area contributed by atoms with Crippen LogP contribution in [0.4, 0.5) is 8.78 Å². The van der Waals surface area contributed by atoms with Gasteiger partial charge in [-0.3, -0.25) is 4.79 Å². The molecule has 7 nitrogen and oxygen atoms in total. The summed E-state index contributed by atoms with van der Waals surface area (Å²) in [4.78, 5) is 12.2. The lowest BCUT2D eigenvalue weighted by Gasteiger charge is -2.26. The maximum Gasteiger partial charge on any atom is 0.298 e. The van der Waals surface area contributed by atoms with Crippen molar-refractivity contribution in [3.8, 4) is 5.75 Å². The number of fused-ring (bicyclic) bond motifs is 1. The van der Waals surface area contributed by atoms with E-state index in [1.165, 1.54) is 19.1 Å². The molecule has 3 rings (SSSR count). The molecule has 0 radical (unpaired) electrons.